The van der Waals surface area contributed by atoms with Crippen LogP contribution in [0.4, 0.5) is 0 Å². The predicted octanol–water partition coefficient (Wildman–Crippen LogP) is 0.897. The Bertz CT molecular complexity index is 751. The van der Waals surface area contributed by atoms with Crippen molar-refractivity contribution < 1.29 is 12.9 Å². The van der Waals surface area contributed by atoms with E-state index in [1.807, 2.05) is 0 Å². The van der Waals surface area contributed by atoms with Crippen LogP contribution in [0.5, 0.6) is 0 Å². The molecule has 8 nitrogen and oxygen atoms in total. The van der Waals surface area contributed by atoms with Crippen molar-refractivity contribution in [3.05, 3.63) is 24.2 Å². The van der Waals surface area contributed by atoms with Crippen molar-refractivity contribution in [1.82, 2.24) is 24.0 Å². The molecule has 0 aromatic carbocycles. The number of imidazole rings is 1. The fourth-order valence-corrected chi connectivity index (χ4v) is 4.49. The highest BCUT2D eigenvalue weighted by atomic mass is 32.2. The Balaban J connectivity index is 1.72. The summed E-state index contributed by atoms with van der Waals surface area (Å²) in [5.74, 6) is 1.15. The lowest BCUT2D eigenvalue weighted by Crippen LogP contribution is -2.36. The third-order valence-electron chi connectivity index (χ3n) is 3.85. The first kappa shape index (κ1) is 15.2. The maximum atomic E-state index is 12.7. The first-order valence-corrected chi connectivity index (χ1v) is 8.70. The van der Waals surface area contributed by atoms with Crippen LogP contribution < -0.4 is 0 Å². The fraction of sp³-hybridized carbons (Fsp3) is 0.615. The van der Waals surface area contributed by atoms with E-state index in [0.717, 1.165) is 12.8 Å². The van der Waals surface area contributed by atoms with E-state index in [1.165, 1.54) is 12.5 Å². The van der Waals surface area contributed by atoms with E-state index in [4.69, 9.17) is 4.52 Å². The van der Waals surface area contributed by atoms with E-state index < -0.39 is 10.0 Å². The highest BCUT2D eigenvalue weighted by molar-refractivity contribution is 7.89. The molecule has 1 unspecified atom stereocenters. The summed E-state index contributed by atoms with van der Waals surface area (Å²) in [5, 5.41) is 3.96. The van der Waals surface area contributed by atoms with Crippen molar-refractivity contribution in [1.29, 1.82) is 0 Å². The van der Waals surface area contributed by atoms with E-state index in [1.54, 1.807) is 22.8 Å². The zero-order valence-electron chi connectivity index (χ0n) is 12.6. The van der Waals surface area contributed by atoms with Crippen LogP contribution >= 0.6 is 0 Å². The number of hydrogen-bond acceptors (Lipinski definition) is 6. The number of nitrogens with zero attached hydrogens (tertiary/aromatic N) is 5. The molecule has 0 aliphatic carbocycles. The summed E-state index contributed by atoms with van der Waals surface area (Å²) >= 11 is 0. The summed E-state index contributed by atoms with van der Waals surface area (Å²) in [6.07, 6.45) is 6.04. The first-order chi connectivity index (χ1) is 10.5. The Morgan fingerprint density at radius 3 is 2.91 bits per heavy atom. The molecular weight excluding hydrogens is 306 g/mol. The van der Waals surface area contributed by atoms with Gasteiger partial charge < -0.3 is 9.09 Å². The van der Waals surface area contributed by atoms with Gasteiger partial charge in [-0.1, -0.05) is 5.16 Å². The number of aromatic nitrogens is 4. The van der Waals surface area contributed by atoms with E-state index in [0.29, 0.717) is 31.1 Å². The van der Waals surface area contributed by atoms with Crippen molar-refractivity contribution in [2.24, 2.45) is 7.05 Å². The molecule has 0 bridgehead atoms. The molecule has 1 fully saturated rings. The van der Waals surface area contributed by atoms with Gasteiger partial charge in [0, 0.05) is 39.2 Å². The molecule has 3 heterocycles. The van der Waals surface area contributed by atoms with Crippen LogP contribution in [0.25, 0.3) is 0 Å². The lowest BCUT2D eigenvalue weighted by molar-refractivity contribution is 0.360. The molecule has 0 radical (unpaired) electrons. The Hall–Kier alpha value is -1.74. The number of rotatable bonds is 5. The summed E-state index contributed by atoms with van der Waals surface area (Å²) < 4.78 is 33.5. The molecule has 1 saturated heterocycles. The molecule has 2 aromatic rings. The van der Waals surface area contributed by atoms with Crippen molar-refractivity contribution >= 4 is 10.0 Å². The van der Waals surface area contributed by atoms with Gasteiger partial charge >= 0.3 is 0 Å². The molecule has 22 heavy (non-hydrogen) atoms. The molecule has 9 heteroatoms. The number of sulfonamides is 1. The summed E-state index contributed by atoms with van der Waals surface area (Å²) in [5.41, 5.74) is 0. The SMILES string of the molecule is Cc1nc(CCC2CCCN2S(=O)(=O)c2cn(C)cn2)no1. The molecule has 2 aromatic heterocycles. The van der Waals surface area contributed by atoms with Crippen LogP contribution in [0, 0.1) is 6.92 Å². The second-order valence-electron chi connectivity index (χ2n) is 5.56. The lowest BCUT2D eigenvalue weighted by Gasteiger charge is -2.22. The van der Waals surface area contributed by atoms with Gasteiger partial charge in [0.2, 0.25) is 5.89 Å². The average Bonchev–Trinajstić information content (AvgIpc) is 3.17. The first-order valence-electron chi connectivity index (χ1n) is 7.26. The van der Waals surface area contributed by atoms with Crippen molar-refractivity contribution in [2.45, 2.75) is 43.7 Å². The smallest absolute Gasteiger partial charge is 0.262 e. The zero-order valence-corrected chi connectivity index (χ0v) is 13.5. The molecular formula is C13H19N5O3S. The summed E-state index contributed by atoms with van der Waals surface area (Å²) in [6.45, 7) is 2.28. The highest BCUT2D eigenvalue weighted by Gasteiger charge is 2.36. The lowest BCUT2D eigenvalue weighted by atomic mass is 10.1. The number of aryl methyl sites for hydroxylation is 3. The second kappa shape index (κ2) is 5.81. The minimum absolute atomic E-state index is 0.0363. The minimum atomic E-state index is -3.53. The van der Waals surface area contributed by atoms with E-state index >= 15 is 0 Å². The van der Waals surface area contributed by atoms with Crippen LogP contribution in [0.1, 0.15) is 31.0 Å². The summed E-state index contributed by atoms with van der Waals surface area (Å²) in [7, 11) is -1.77. The van der Waals surface area contributed by atoms with Gasteiger partial charge in [-0.25, -0.2) is 13.4 Å². The zero-order chi connectivity index (χ0) is 15.7. The summed E-state index contributed by atoms with van der Waals surface area (Å²) in [6, 6.07) is -0.0363. The van der Waals surface area contributed by atoms with Crippen LogP contribution in [0.2, 0.25) is 0 Å². The van der Waals surface area contributed by atoms with Crippen LogP contribution in [-0.4, -0.2) is 45.0 Å². The van der Waals surface area contributed by atoms with Crippen molar-refractivity contribution in [3.63, 3.8) is 0 Å². The Kier molecular flexibility index (Phi) is 4.00. The molecule has 0 amide bonds. The second-order valence-corrected chi connectivity index (χ2v) is 7.39. The molecule has 3 rings (SSSR count). The Morgan fingerprint density at radius 2 is 2.27 bits per heavy atom. The maximum absolute atomic E-state index is 12.7. The largest absolute Gasteiger partial charge is 0.340 e. The maximum Gasteiger partial charge on any atom is 0.262 e. The molecule has 1 aliphatic heterocycles. The van der Waals surface area contributed by atoms with Gasteiger partial charge in [-0.15, -0.1) is 0 Å². The average molecular weight is 325 g/mol. The summed E-state index contributed by atoms with van der Waals surface area (Å²) in [4.78, 5) is 8.14. The predicted molar refractivity (Wildman–Crippen MR) is 77.5 cm³/mol. The molecule has 120 valence electrons. The minimum Gasteiger partial charge on any atom is -0.340 e. The van der Waals surface area contributed by atoms with Gasteiger partial charge in [0.05, 0.1) is 6.33 Å². The molecule has 1 aliphatic rings. The third kappa shape index (κ3) is 2.91. The highest BCUT2D eigenvalue weighted by Crippen LogP contribution is 2.27. The molecule has 0 spiro atoms. The quantitative estimate of drug-likeness (QED) is 0.810. The molecule has 1 atom stereocenters. The van der Waals surface area contributed by atoms with Gasteiger partial charge in [0.15, 0.2) is 10.9 Å². The van der Waals surface area contributed by atoms with Crippen molar-refractivity contribution in [3.8, 4) is 0 Å². The van der Waals surface area contributed by atoms with Crippen LogP contribution in [0.3, 0.4) is 0 Å². The standard InChI is InChI=1S/C13H19N5O3S/c1-10-15-12(16-21-10)6-5-11-4-3-7-18(11)22(19,20)13-8-17(2)9-14-13/h8-9,11H,3-7H2,1-2H3. The molecule has 0 N–H and O–H groups in total. The van der Waals surface area contributed by atoms with Crippen LogP contribution in [0.15, 0.2) is 22.1 Å². The van der Waals surface area contributed by atoms with Gasteiger partial charge in [-0.05, 0) is 19.3 Å². The van der Waals surface area contributed by atoms with Gasteiger partial charge in [0.1, 0.15) is 0 Å². The van der Waals surface area contributed by atoms with E-state index in [2.05, 4.69) is 15.1 Å². The topological polar surface area (TPSA) is 94.1 Å². The fourth-order valence-electron chi connectivity index (χ4n) is 2.79. The van der Waals surface area contributed by atoms with Gasteiger partial charge in [0.25, 0.3) is 10.0 Å². The van der Waals surface area contributed by atoms with Gasteiger partial charge in [-0.2, -0.15) is 9.29 Å². The Labute approximate surface area is 129 Å². The van der Waals surface area contributed by atoms with Crippen molar-refractivity contribution in [2.75, 3.05) is 6.54 Å². The van der Waals surface area contributed by atoms with E-state index in [-0.39, 0.29) is 11.1 Å². The Morgan fingerprint density at radius 1 is 1.45 bits per heavy atom. The molecule has 0 saturated carbocycles. The van der Waals surface area contributed by atoms with Gasteiger partial charge in [-0.3, -0.25) is 0 Å². The van der Waals surface area contributed by atoms with Crippen LogP contribution in [-0.2, 0) is 23.5 Å². The van der Waals surface area contributed by atoms with E-state index in [9.17, 15) is 8.42 Å². The normalized spacial score (nSPS) is 19.8. The third-order valence-corrected chi connectivity index (χ3v) is 5.69. The number of hydrogen-bond donors (Lipinski definition) is 0. The monoisotopic (exact) mass is 325 g/mol.